The van der Waals surface area contributed by atoms with Gasteiger partial charge in [0.1, 0.15) is 11.6 Å². The van der Waals surface area contributed by atoms with Crippen LogP contribution in [0.25, 0.3) is 0 Å². The predicted molar refractivity (Wildman–Crippen MR) is 84.8 cm³/mol. The third-order valence-electron chi connectivity index (χ3n) is 3.30. The fraction of sp³-hybridized carbons (Fsp3) is 0.429. The molecule has 0 aromatic heterocycles. The van der Waals surface area contributed by atoms with E-state index in [1.807, 2.05) is 0 Å². The Labute approximate surface area is 132 Å². The standard InChI is InChI=1S/C14H19FN2O.2ClH/c1-3-12(17-9-7-16-8-10-17)14-11(15)5-4-6-13(14)18-2;;/h3-6,12,16H,1,7-10H2,2H3;2*1H/t12-;;/m1../s1. The average molecular weight is 323 g/mol. The molecule has 0 spiro atoms. The summed E-state index contributed by atoms with van der Waals surface area (Å²) in [4.78, 5) is 2.21. The van der Waals surface area contributed by atoms with Crippen LogP contribution in [0.2, 0.25) is 0 Å². The molecule has 20 heavy (non-hydrogen) atoms. The third-order valence-corrected chi connectivity index (χ3v) is 3.30. The van der Waals surface area contributed by atoms with Gasteiger partial charge in [-0.15, -0.1) is 31.4 Å². The third kappa shape index (κ3) is 4.09. The van der Waals surface area contributed by atoms with Crippen molar-refractivity contribution in [3.63, 3.8) is 0 Å². The largest absolute Gasteiger partial charge is 0.496 e. The molecule has 0 radical (unpaired) electrons. The van der Waals surface area contributed by atoms with Crippen LogP contribution < -0.4 is 10.1 Å². The van der Waals surface area contributed by atoms with Gasteiger partial charge in [0.2, 0.25) is 0 Å². The van der Waals surface area contributed by atoms with Crippen molar-refractivity contribution in [1.29, 1.82) is 0 Å². The maximum Gasteiger partial charge on any atom is 0.132 e. The van der Waals surface area contributed by atoms with Crippen LogP contribution >= 0.6 is 24.8 Å². The summed E-state index contributed by atoms with van der Waals surface area (Å²) in [5.74, 6) is 0.344. The Morgan fingerprint density at radius 1 is 1.35 bits per heavy atom. The minimum Gasteiger partial charge on any atom is -0.496 e. The molecule has 1 atom stereocenters. The van der Waals surface area contributed by atoms with Gasteiger partial charge in [-0.25, -0.2) is 4.39 Å². The van der Waals surface area contributed by atoms with Gasteiger partial charge in [-0.3, -0.25) is 4.90 Å². The van der Waals surface area contributed by atoms with Gasteiger partial charge in [0.15, 0.2) is 0 Å². The normalized spacial score (nSPS) is 16.5. The monoisotopic (exact) mass is 322 g/mol. The molecule has 1 aromatic carbocycles. The highest BCUT2D eigenvalue weighted by Crippen LogP contribution is 2.32. The van der Waals surface area contributed by atoms with E-state index in [0.29, 0.717) is 11.3 Å². The number of piperazine rings is 1. The van der Waals surface area contributed by atoms with E-state index >= 15 is 0 Å². The van der Waals surface area contributed by atoms with Crippen molar-refractivity contribution in [3.05, 3.63) is 42.2 Å². The van der Waals surface area contributed by atoms with E-state index in [1.54, 1.807) is 25.3 Å². The van der Waals surface area contributed by atoms with Crippen LogP contribution in [-0.4, -0.2) is 38.2 Å². The van der Waals surface area contributed by atoms with Gasteiger partial charge in [0.05, 0.1) is 18.7 Å². The summed E-state index contributed by atoms with van der Waals surface area (Å²) in [7, 11) is 1.57. The summed E-state index contributed by atoms with van der Waals surface area (Å²) >= 11 is 0. The summed E-state index contributed by atoms with van der Waals surface area (Å²) in [6.07, 6.45) is 1.78. The van der Waals surface area contributed by atoms with Crippen molar-refractivity contribution in [3.8, 4) is 5.75 Å². The Kier molecular flexibility index (Phi) is 8.81. The highest BCUT2D eigenvalue weighted by atomic mass is 35.5. The zero-order valence-corrected chi connectivity index (χ0v) is 13.1. The minimum atomic E-state index is -0.238. The van der Waals surface area contributed by atoms with Gasteiger partial charge >= 0.3 is 0 Å². The molecule has 1 heterocycles. The molecule has 2 rings (SSSR count). The Bertz CT molecular complexity index is 426. The molecule has 0 bridgehead atoms. The lowest BCUT2D eigenvalue weighted by molar-refractivity contribution is 0.197. The summed E-state index contributed by atoms with van der Waals surface area (Å²) in [6, 6.07) is 4.78. The first kappa shape index (κ1) is 19.2. The zero-order valence-electron chi connectivity index (χ0n) is 11.5. The van der Waals surface area contributed by atoms with Gasteiger partial charge in [0.25, 0.3) is 0 Å². The average Bonchev–Trinajstić information content (AvgIpc) is 2.42. The molecule has 1 saturated heterocycles. The molecule has 0 saturated carbocycles. The molecule has 6 heteroatoms. The summed E-state index contributed by atoms with van der Waals surface area (Å²) in [5, 5.41) is 3.29. The summed E-state index contributed by atoms with van der Waals surface area (Å²) in [6.45, 7) is 7.45. The Balaban J connectivity index is 0.00000180. The van der Waals surface area contributed by atoms with Crippen LogP contribution in [0.3, 0.4) is 0 Å². The maximum absolute atomic E-state index is 14.1. The molecule has 0 unspecified atom stereocenters. The van der Waals surface area contributed by atoms with E-state index in [1.165, 1.54) is 6.07 Å². The Morgan fingerprint density at radius 2 is 2.00 bits per heavy atom. The molecule has 1 N–H and O–H groups in total. The van der Waals surface area contributed by atoms with E-state index in [0.717, 1.165) is 26.2 Å². The van der Waals surface area contributed by atoms with E-state index < -0.39 is 0 Å². The number of hydrogen-bond acceptors (Lipinski definition) is 3. The molecule has 0 aliphatic carbocycles. The second-order valence-electron chi connectivity index (χ2n) is 4.32. The van der Waals surface area contributed by atoms with Crippen molar-refractivity contribution in [2.24, 2.45) is 0 Å². The van der Waals surface area contributed by atoms with Crippen molar-refractivity contribution in [2.75, 3.05) is 33.3 Å². The molecule has 1 fully saturated rings. The van der Waals surface area contributed by atoms with E-state index in [4.69, 9.17) is 4.74 Å². The molecule has 3 nitrogen and oxygen atoms in total. The number of benzene rings is 1. The predicted octanol–water partition coefficient (Wildman–Crippen LogP) is 2.81. The summed E-state index contributed by atoms with van der Waals surface area (Å²) < 4.78 is 19.3. The second kappa shape index (κ2) is 9.19. The molecular weight excluding hydrogens is 302 g/mol. The lowest BCUT2D eigenvalue weighted by Crippen LogP contribution is -2.44. The van der Waals surface area contributed by atoms with Crippen molar-refractivity contribution in [2.45, 2.75) is 6.04 Å². The molecule has 1 aliphatic rings. The molecule has 1 aromatic rings. The maximum atomic E-state index is 14.1. The number of methoxy groups -OCH3 is 1. The highest BCUT2D eigenvalue weighted by Gasteiger charge is 2.24. The number of nitrogens with zero attached hydrogens (tertiary/aromatic N) is 1. The Morgan fingerprint density at radius 3 is 2.55 bits per heavy atom. The fourth-order valence-corrected chi connectivity index (χ4v) is 2.39. The van der Waals surface area contributed by atoms with Crippen LogP contribution in [0, 0.1) is 5.82 Å². The first-order chi connectivity index (χ1) is 8.77. The Hall–Kier alpha value is -0.810. The molecule has 114 valence electrons. The molecule has 1 aliphatic heterocycles. The summed E-state index contributed by atoms with van der Waals surface area (Å²) in [5.41, 5.74) is 0.580. The fourth-order valence-electron chi connectivity index (χ4n) is 2.39. The smallest absolute Gasteiger partial charge is 0.132 e. The number of ether oxygens (including phenoxy) is 1. The number of nitrogens with one attached hydrogen (secondary N) is 1. The number of rotatable bonds is 4. The molecular formula is C14H21Cl2FN2O. The van der Waals surface area contributed by atoms with E-state index in [9.17, 15) is 4.39 Å². The van der Waals surface area contributed by atoms with Crippen LogP contribution in [0.4, 0.5) is 4.39 Å². The van der Waals surface area contributed by atoms with Crippen molar-refractivity contribution >= 4 is 24.8 Å². The van der Waals surface area contributed by atoms with Crippen LogP contribution in [0.15, 0.2) is 30.9 Å². The van der Waals surface area contributed by atoms with Gasteiger partial charge < -0.3 is 10.1 Å². The van der Waals surface area contributed by atoms with Gasteiger partial charge in [-0.05, 0) is 12.1 Å². The van der Waals surface area contributed by atoms with Crippen LogP contribution in [-0.2, 0) is 0 Å². The SMILES string of the molecule is C=C[C@H](c1c(F)cccc1OC)N1CCNCC1.Cl.Cl. The molecule has 0 amide bonds. The first-order valence-corrected chi connectivity index (χ1v) is 6.17. The highest BCUT2D eigenvalue weighted by molar-refractivity contribution is 5.85. The number of hydrogen-bond donors (Lipinski definition) is 1. The van der Waals surface area contributed by atoms with E-state index in [-0.39, 0.29) is 36.7 Å². The minimum absolute atomic E-state index is 0. The lowest BCUT2D eigenvalue weighted by Gasteiger charge is -2.34. The second-order valence-corrected chi connectivity index (χ2v) is 4.32. The number of halogens is 3. The van der Waals surface area contributed by atoms with Gasteiger partial charge in [-0.1, -0.05) is 12.1 Å². The van der Waals surface area contributed by atoms with Crippen molar-refractivity contribution in [1.82, 2.24) is 10.2 Å². The van der Waals surface area contributed by atoms with Crippen LogP contribution in [0.5, 0.6) is 5.75 Å². The quantitative estimate of drug-likeness (QED) is 0.863. The van der Waals surface area contributed by atoms with Gasteiger partial charge in [0, 0.05) is 26.2 Å². The zero-order chi connectivity index (χ0) is 13.0. The first-order valence-electron chi connectivity index (χ1n) is 6.17. The lowest BCUT2D eigenvalue weighted by atomic mass is 10.0. The van der Waals surface area contributed by atoms with E-state index in [2.05, 4.69) is 16.8 Å². The van der Waals surface area contributed by atoms with Crippen LogP contribution in [0.1, 0.15) is 11.6 Å². The van der Waals surface area contributed by atoms with Crippen molar-refractivity contribution < 1.29 is 9.13 Å². The van der Waals surface area contributed by atoms with Gasteiger partial charge in [-0.2, -0.15) is 0 Å². The topological polar surface area (TPSA) is 24.5 Å².